The van der Waals surface area contributed by atoms with Crippen molar-refractivity contribution in [1.82, 2.24) is 4.90 Å². The molecule has 0 spiro atoms. The first-order chi connectivity index (χ1) is 9.79. The lowest BCUT2D eigenvalue weighted by Gasteiger charge is -2.24. The van der Waals surface area contributed by atoms with Gasteiger partial charge in [-0.25, -0.2) is 0 Å². The molecule has 2 aromatic rings. The Morgan fingerprint density at radius 1 is 1.30 bits per heavy atom. The normalized spacial score (nSPS) is 18.2. The van der Waals surface area contributed by atoms with Gasteiger partial charge in [-0.05, 0) is 36.6 Å². The minimum absolute atomic E-state index is 0.0390. The topological polar surface area (TPSA) is 42.7 Å². The Bertz CT molecular complexity index is 574. The van der Waals surface area contributed by atoms with E-state index in [0.717, 1.165) is 30.7 Å². The van der Waals surface area contributed by atoms with Gasteiger partial charge in [-0.1, -0.05) is 12.1 Å². The van der Waals surface area contributed by atoms with Crippen molar-refractivity contribution in [3.63, 3.8) is 0 Å². The van der Waals surface area contributed by atoms with Gasteiger partial charge in [0.15, 0.2) is 0 Å². The second-order valence-electron chi connectivity index (χ2n) is 4.94. The van der Waals surface area contributed by atoms with Crippen molar-refractivity contribution in [2.75, 3.05) is 13.7 Å². The van der Waals surface area contributed by atoms with E-state index in [2.05, 4.69) is 0 Å². The standard InChI is InChI=1S/C16H17NO3/c1-19-14-6-4-12(5-7-14)15-3-2-9-17(15)16(18)13-8-10-20-11-13/h4-8,10-11,15H,2-3,9H2,1H3. The van der Waals surface area contributed by atoms with Crippen LogP contribution in [0.25, 0.3) is 0 Å². The van der Waals surface area contributed by atoms with E-state index in [-0.39, 0.29) is 11.9 Å². The summed E-state index contributed by atoms with van der Waals surface area (Å²) >= 11 is 0. The number of hydrogen-bond acceptors (Lipinski definition) is 3. The van der Waals surface area contributed by atoms with Crippen molar-refractivity contribution in [2.24, 2.45) is 0 Å². The molecule has 3 rings (SSSR count). The molecule has 1 atom stereocenters. The molecule has 1 aliphatic heterocycles. The van der Waals surface area contributed by atoms with Gasteiger partial charge < -0.3 is 14.1 Å². The summed E-state index contributed by atoms with van der Waals surface area (Å²) in [7, 11) is 1.65. The van der Waals surface area contributed by atoms with Crippen LogP contribution >= 0.6 is 0 Å². The van der Waals surface area contributed by atoms with Crippen molar-refractivity contribution in [3.8, 4) is 5.75 Å². The highest BCUT2D eigenvalue weighted by Crippen LogP contribution is 2.33. The van der Waals surface area contributed by atoms with Crippen LogP contribution < -0.4 is 4.74 Å². The zero-order valence-electron chi connectivity index (χ0n) is 11.4. The average Bonchev–Trinajstić information content (AvgIpc) is 3.18. The van der Waals surface area contributed by atoms with Crippen molar-refractivity contribution >= 4 is 5.91 Å². The van der Waals surface area contributed by atoms with Crippen molar-refractivity contribution < 1.29 is 13.9 Å². The first-order valence-corrected chi connectivity index (χ1v) is 6.76. The van der Waals surface area contributed by atoms with Crippen LogP contribution in [-0.4, -0.2) is 24.5 Å². The minimum atomic E-state index is 0.0390. The van der Waals surface area contributed by atoms with Crippen LogP contribution in [-0.2, 0) is 0 Å². The molecule has 0 bridgehead atoms. The summed E-state index contributed by atoms with van der Waals surface area (Å²) in [6.07, 6.45) is 5.06. The molecule has 0 aliphatic carbocycles. The highest BCUT2D eigenvalue weighted by Gasteiger charge is 2.30. The molecule has 1 fully saturated rings. The molecule has 0 saturated carbocycles. The van der Waals surface area contributed by atoms with Crippen molar-refractivity contribution in [2.45, 2.75) is 18.9 Å². The maximum absolute atomic E-state index is 12.5. The van der Waals surface area contributed by atoms with Gasteiger partial charge >= 0.3 is 0 Å². The molecule has 4 heteroatoms. The number of rotatable bonds is 3. The quantitative estimate of drug-likeness (QED) is 0.860. The second-order valence-corrected chi connectivity index (χ2v) is 4.94. The van der Waals surface area contributed by atoms with E-state index in [0.29, 0.717) is 5.56 Å². The van der Waals surface area contributed by atoms with E-state index in [1.54, 1.807) is 13.2 Å². The number of methoxy groups -OCH3 is 1. The van der Waals surface area contributed by atoms with Crippen LogP contribution in [0.15, 0.2) is 47.3 Å². The van der Waals surface area contributed by atoms with E-state index in [1.165, 1.54) is 12.5 Å². The number of carbonyl (C=O) groups is 1. The number of furan rings is 1. The lowest BCUT2D eigenvalue weighted by molar-refractivity contribution is 0.0735. The number of ether oxygens (including phenoxy) is 1. The molecule has 104 valence electrons. The lowest BCUT2D eigenvalue weighted by Crippen LogP contribution is -2.30. The average molecular weight is 271 g/mol. The monoisotopic (exact) mass is 271 g/mol. The minimum Gasteiger partial charge on any atom is -0.497 e. The fraction of sp³-hybridized carbons (Fsp3) is 0.312. The van der Waals surface area contributed by atoms with Crippen LogP contribution in [0.1, 0.15) is 34.8 Å². The summed E-state index contributed by atoms with van der Waals surface area (Å²) in [5.41, 5.74) is 1.77. The Labute approximate surface area is 118 Å². The van der Waals surface area contributed by atoms with Gasteiger partial charge in [0.25, 0.3) is 5.91 Å². The summed E-state index contributed by atoms with van der Waals surface area (Å²) in [5, 5.41) is 0. The summed E-state index contributed by atoms with van der Waals surface area (Å²) in [6.45, 7) is 0.792. The summed E-state index contributed by atoms with van der Waals surface area (Å²) in [5.74, 6) is 0.872. The SMILES string of the molecule is COc1ccc(C2CCCN2C(=O)c2ccoc2)cc1. The van der Waals surface area contributed by atoms with Crippen LogP contribution in [0.5, 0.6) is 5.75 Å². The van der Waals surface area contributed by atoms with Crippen LogP contribution in [0.3, 0.4) is 0 Å². The predicted octanol–water partition coefficient (Wildman–Crippen LogP) is 3.27. The second kappa shape index (κ2) is 5.41. The zero-order chi connectivity index (χ0) is 13.9. The van der Waals surface area contributed by atoms with E-state index in [9.17, 15) is 4.79 Å². The summed E-state index contributed by atoms with van der Waals surface area (Å²) < 4.78 is 10.2. The highest BCUT2D eigenvalue weighted by atomic mass is 16.5. The van der Waals surface area contributed by atoms with E-state index in [1.807, 2.05) is 29.2 Å². The molecule has 2 heterocycles. The molecule has 1 aromatic carbocycles. The number of likely N-dealkylation sites (tertiary alicyclic amines) is 1. The Kier molecular flexibility index (Phi) is 3.46. The molecule has 1 saturated heterocycles. The maximum Gasteiger partial charge on any atom is 0.257 e. The third-order valence-corrected chi connectivity index (χ3v) is 3.78. The molecule has 4 nitrogen and oxygen atoms in total. The predicted molar refractivity (Wildman–Crippen MR) is 74.7 cm³/mol. The Hall–Kier alpha value is -2.23. The van der Waals surface area contributed by atoms with E-state index in [4.69, 9.17) is 9.15 Å². The number of nitrogens with zero attached hydrogens (tertiary/aromatic N) is 1. The molecule has 0 radical (unpaired) electrons. The molecule has 1 unspecified atom stereocenters. The Morgan fingerprint density at radius 3 is 2.75 bits per heavy atom. The van der Waals surface area contributed by atoms with Crippen LogP contribution in [0.2, 0.25) is 0 Å². The number of carbonyl (C=O) groups excluding carboxylic acids is 1. The van der Waals surface area contributed by atoms with Gasteiger partial charge in [0.1, 0.15) is 12.0 Å². The largest absolute Gasteiger partial charge is 0.497 e. The van der Waals surface area contributed by atoms with Gasteiger partial charge in [0.2, 0.25) is 0 Å². The van der Waals surface area contributed by atoms with E-state index >= 15 is 0 Å². The molecule has 0 N–H and O–H groups in total. The number of benzene rings is 1. The third kappa shape index (κ3) is 2.29. The molecular formula is C16H17NO3. The lowest BCUT2D eigenvalue weighted by atomic mass is 10.0. The zero-order valence-corrected chi connectivity index (χ0v) is 11.4. The van der Waals surface area contributed by atoms with E-state index < -0.39 is 0 Å². The van der Waals surface area contributed by atoms with Crippen molar-refractivity contribution in [1.29, 1.82) is 0 Å². The Morgan fingerprint density at radius 2 is 2.10 bits per heavy atom. The first kappa shape index (κ1) is 12.8. The Balaban J connectivity index is 1.83. The highest BCUT2D eigenvalue weighted by molar-refractivity contribution is 5.94. The van der Waals surface area contributed by atoms with Gasteiger partial charge in [-0.2, -0.15) is 0 Å². The van der Waals surface area contributed by atoms with Crippen LogP contribution in [0, 0.1) is 0 Å². The first-order valence-electron chi connectivity index (χ1n) is 6.76. The molecular weight excluding hydrogens is 254 g/mol. The van der Waals surface area contributed by atoms with Crippen molar-refractivity contribution in [3.05, 3.63) is 54.0 Å². The number of hydrogen-bond donors (Lipinski definition) is 0. The van der Waals surface area contributed by atoms with Gasteiger partial charge in [0.05, 0.1) is 25.0 Å². The van der Waals surface area contributed by atoms with Gasteiger partial charge in [-0.15, -0.1) is 0 Å². The van der Waals surface area contributed by atoms with Gasteiger partial charge in [0, 0.05) is 6.54 Å². The molecule has 1 amide bonds. The maximum atomic E-state index is 12.5. The molecule has 1 aliphatic rings. The summed E-state index contributed by atoms with van der Waals surface area (Å²) in [4.78, 5) is 14.4. The fourth-order valence-corrected chi connectivity index (χ4v) is 2.73. The smallest absolute Gasteiger partial charge is 0.257 e. The van der Waals surface area contributed by atoms with Crippen LogP contribution in [0.4, 0.5) is 0 Å². The van der Waals surface area contributed by atoms with Gasteiger partial charge in [-0.3, -0.25) is 4.79 Å². The molecule has 20 heavy (non-hydrogen) atoms. The number of amides is 1. The third-order valence-electron chi connectivity index (χ3n) is 3.78. The summed E-state index contributed by atoms with van der Waals surface area (Å²) in [6, 6.07) is 9.80. The fourth-order valence-electron chi connectivity index (χ4n) is 2.73. The molecule has 1 aromatic heterocycles.